The fraction of sp³-hybridized carbons (Fsp3) is 0.188. The zero-order valence-electron chi connectivity index (χ0n) is 12.4. The minimum Gasteiger partial charge on any atom is -0.497 e. The molecule has 0 saturated carbocycles. The second kappa shape index (κ2) is 5.85. The maximum absolute atomic E-state index is 12.3. The summed E-state index contributed by atoms with van der Waals surface area (Å²) >= 11 is 0. The van der Waals surface area contributed by atoms with E-state index in [1.807, 2.05) is 31.2 Å². The standard InChI is InChI=1S/C16H16N4O2/c1-11-5-3-4-6-12(11)10-17-16(21)20-15-9-13(22-2)7-8-14(15)18-19-20/h3-9H,10H2,1-2H3,(H,17,21). The lowest BCUT2D eigenvalue weighted by Gasteiger charge is -2.08. The smallest absolute Gasteiger partial charge is 0.344 e. The Labute approximate surface area is 127 Å². The van der Waals surface area contributed by atoms with E-state index in [0.29, 0.717) is 23.3 Å². The van der Waals surface area contributed by atoms with E-state index in [2.05, 4.69) is 15.6 Å². The van der Waals surface area contributed by atoms with Gasteiger partial charge in [-0.3, -0.25) is 0 Å². The monoisotopic (exact) mass is 296 g/mol. The maximum atomic E-state index is 12.3. The summed E-state index contributed by atoms with van der Waals surface area (Å²) in [5, 5.41) is 10.7. The molecule has 0 saturated heterocycles. The Balaban J connectivity index is 1.82. The number of rotatable bonds is 3. The molecule has 22 heavy (non-hydrogen) atoms. The van der Waals surface area contributed by atoms with E-state index in [-0.39, 0.29) is 6.03 Å². The number of aromatic nitrogens is 3. The van der Waals surface area contributed by atoms with Crippen molar-refractivity contribution in [3.05, 3.63) is 53.6 Å². The third kappa shape index (κ3) is 2.63. The average Bonchev–Trinajstić information content (AvgIpc) is 2.96. The Kier molecular flexibility index (Phi) is 3.74. The quantitative estimate of drug-likeness (QED) is 0.806. The first-order valence-electron chi connectivity index (χ1n) is 6.91. The number of hydrogen-bond donors (Lipinski definition) is 1. The number of ether oxygens (including phenoxy) is 1. The molecule has 2 aromatic carbocycles. The van der Waals surface area contributed by atoms with Gasteiger partial charge in [-0.25, -0.2) is 4.79 Å². The number of fused-ring (bicyclic) bond motifs is 1. The topological polar surface area (TPSA) is 69.0 Å². The fourth-order valence-corrected chi connectivity index (χ4v) is 2.23. The second-order valence-electron chi connectivity index (χ2n) is 4.94. The van der Waals surface area contributed by atoms with Crippen molar-refractivity contribution in [1.82, 2.24) is 20.3 Å². The van der Waals surface area contributed by atoms with Gasteiger partial charge in [0.15, 0.2) is 0 Å². The molecule has 3 aromatic rings. The molecule has 112 valence electrons. The molecule has 0 aliphatic heterocycles. The molecule has 0 aliphatic rings. The third-order valence-corrected chi connectivity index (χ3v) is 3.54. The van der Waals surface area contributed by atoms with Crippen LogP contribution in [0.5, 0.6) is 5.75 Å². The molecule has 0 radical (unpaired) electrons. The lowest BCUT2D eigenvalue weighted by molar-refractivity contribution is 0.239. The molecule has 6 nitrogen and oxygen atoms in total. The zero-order valence-corrected chi connectivity index (χ0v) is 12.4. The second-order valence-corrected chi connectivity index (χ2v) is 4.94. The van der Waals surface area contributed by atoms with Crippen LogP contribution in [0.3, 0.4) is 0 Å². The lowest BCUT2D eigenvalue weighted by Crippen LogP contribution is -2.29. The van der Waals surface area contributed by atoms with Gasteiger partial charge in [0.2, 0.25) is 0 Å². The highest BCUT2D eigenvalue weighted by Crippen LogP contribution is 2.18. The van der Waals surface area contributed by atoms with Crippen molar-refractivity contribution in [3.63, 3.8) is 0 Å². The SMILES string of the molecule is COc1ccc2nnn(C(=O)NCc3ccccc3C)c2c1. The number of carbonyl (C=O) groups is 1. The number of amides is 1. The van der Waals surface area contributed by atoms with Crippen LogP contribution in [0, 0.1) is 6.92 Å². The molecule has 1 N–H and O–H groups in total. The first kappa shape index (κ1) is 14.1. The van der Waals surface area contributed by atoms with Gasteiger partial charge in [-0.2, -0.15) is 4.68 Å². The number of hydrogen-bond acceptors (Lipinski definition) is 4. The van der Waals surface area contributed by atoms with Crippen LogP contribution >= 0.6 is 0 Å². The highest BCUT2D eigenvalue weighted by atomic mass is 16.5. The summed E-state index contributed by atoms with van der Waals surface area (Å²) in [5.74, 6) is 0.655. The van der Waals surface area contributed by atoms with E-state index in [4.69, 9.17) is 4.74 Å². The highest BCUT2D eigenvalue weighted by molar-refractivity contribution is 5.88. The number of methoxy groups -OCH3 is 1. The zero-order chi connectivity index (χ0) is 15.5. The molecule has 3 rings (SSSR count). The van der Waals surface area contributed by atoms with Crippen molar-refractivity contribution < 1.29 is 9.53 Å². The molecule has 0 fully saturated rings. The molecule has 1 heterocycles. The Morgan fingerprint density at radius 2 is 2.09 bits per heavy atom. The van der Waals surface area contributed by atoms with Crippen LogP contribution in [0.25, 0.3) is 11.0 Å². The van der Waals surface area contributed by atoms with E-state index in [1.165, 1.54) is 4.68 Å². The number of benzene rings is 2. The summed E-state index contributed by atoms with van der Waals surface area (Å²) in [6.45, 7) is 2.45. The predicted octanol–water partition coefficient (Wildman–Crippen LogP) is 2.51. The van der Waals surface area contributed by atoms with Crippen molar-refractivity contribution in [2.45, 2.75) is 13.5 Å². The fourth-order valence-electron chi connectivity index (χ4n) is 2.23. The van der Waals surface area contributed by atoms with Crippen LogP contribution in [0.15, 0.2) is 42.5 Å². The number of aryl methyl sites for hydroxylation is 1. The van der Waals surface area contributed by atoms with Crippen molar-refractivity contribution in [3.8, 4) is 5.75 Å². The van der Waals surface area contributed by atoms with Crippen LogP contribution in [0.2, 0.25) is 0 Å². The molecule has 0 aliphatic carbocycles. The lowest BCUT2D eigenvalue weighted by atomic mass is 10.1. The highest BCUT2D eigenvalue weighted by Gasteiger charge is 2.12. The molecule has 6 heteroatoms. The Hall–Kier alpha value is -2.89. The molecular weight excluding hydrogens is 280 g/mol. The van der Waals surface area contributed by atoms with Crippen molar-refractivity contribution in [2.75, 3.05) is 7.11 Å². The minimum absolute atomic E-state index is 0.320. The van der Waals surface area contributed by atoms with Crippen LogP contribution in [-0.4, -0.2) is 28.1 Å². The van der Waals surface area contributed by atoms with E-state index in [1.54, 1.807) is 25.3 Å². The van der Waals surface area contributed by atoms with Gasteiger partial charge >= 0.3 is 6.03 Å². The van der Waals surface area contributed by atoms with Crippen LogP contribution in [-0.2, 0) is 6.54 Å². The summed E-state index contributed by atoms with van der Waals surface area (Å²) in [6, 6.07) is 12.9. The molecule has 0 unspecified atom stereocenters. The van der Waals surface area contributed by atoms with Gasteiger partial charge < -0.3 is 10.1 Å². The Morgan fingerprint density at radius 3 is 2.86 bits per heavy atom. The summed E-state index contributed by atoms with van der Waals surface area (Å²) < 4.78 is 6.42. The average molecular weight is 296 g/mol. The van der Waals surface area contributed by atoms with Crippen LogP contribution < -0.4 is 10.1 Å². The largest absolute Gasteiger partial charge is 0.497 e. The molecule has 0 atom stereocenters. The number of nitrogens with one attached hydrogen (secondary N) is 1. The van der Waals surface area contributed by atoms with Gasteiger partial charge in [-0.05, 0) is 30.2 Å². The van der Waals surface area contributed by atoms with E-state index in [0.717, 1.165) is 11.1 Å². The van der Waals surface area contributed by atoms with Crippen LogP contribution in [0.4, 0.5) is 4.79 Å². The Bertz CT molecular complexity index is 826. The first-order valence-corrected chi connectivity index (χ1v) is 6.91. The Morgan fingerprint density at radius 1 is 1.27 bits per heavy atom. The van der Waals surface area contributed by atoms with E-state index >= 15 is 0 Å². The normalized spacial score (nSPS) is 10.6. The van der Waals surface area contributed by atoms with Crippen molar-refractivity contribution in [1.29, 1.82) is 0 Å². The molecule has 1 amide bonds. The van der Waals surface area contributed by atoms with Gasteiger partial charge in [0.1, 0.15) is 16.8 Å². The third-order valence-electron chi connectivity index (χ3n) is 3.54. The molecular formula is C16H16N4O2. The van der Waals surface area contributed by atoms with Gasteiger partial charge in [0, 0.05) is 12.6 Å². The number of carbonyl (C=O) groups excluding carboxylic acids is 1. The summed E-state index contributed by atoms with van der Waals surface area (Å²) in [5.41, 5.74) is 3.46. The molecule has 1 aromatic heterocycles. The van der Waals surface area contributed by atoms with Gasteiger partial charge in [0.05, 0.1) is 7.11 Å². The van der Waals surface area contributed by atoms with E-state index in [9.17, 15) is 4.79 Å². The maximum Gasteiger partial charge on any atom is 0.344 e. The summed E-state index contributed by atoms with van der Waals surface area (Å²) in [6.07, 6.45) is 0. The van der Waals surface area contributed by atoms with Gasteiger partial charge in [-0.15, -0.1) is 5.10 Å². The van der Waals surface area contributed by atoms with E-state index < -0.39 is 0 Å². The van der Waals surface area contributed by atoms with Crippen molar-refractivity contribution >= 4 is 17.1 Å². The molecule has 0 bridgehead atoms. The molecule has 0 spiro atoms. The summed E-state index contributed by atoms with van der Waals surface area (Å²) in [7, 11) is 1.58. The van der Waals surface area contributed by atoms with Crippen LogP contribution in [0.1, 0.15) is 11.1 Å². The minimum atomic E-state index is -0.320. The van der Waals surface area contributed by atoms with Gasteiger partial charge in [-0.1, -0.05) is 29.5 Å². The first-order chi connectivity index (χ1) is 10.7. The van der Waals surface area contributed by atoms with Crippen molar-refractivity contribution in [2.24, 2.45) is 0 Å². The number of nitrogens with zero attached hydrogens (tertiary/aromatic N) is 3. The summed E-state index contributed by atoms with van der Waals surface area (Å²) in [4.78, 5) is 12.3. The van der Waals surface area contributed by atoms with Gasteiger partial charge in [0.25, 0.3) is 0 Å². The predicted molar refractivity (Wildman–Crippen MR) is 82.9 cm³/mol.